The summed E-state index contributed by atoms with van der Waals surface area (Å²) < 4.78 is 14.5. The van der Waals surface area contributed by atoms with Crippen LogP contribution < -0.4 is 5.73 Å². The zero-order valence-electron chi connectivity index (χ0n) is 9.95. The summed E-state index contributed by atoms with van der Waals surface area (Å²) in [5, 5.41) is 0. The molecule has 3 N–H and O–H groups in total. The molecule has 0 aliphatic heterocycles. The standard InChI is InChI=1S/C14H11BrFN3/c15-10-3-1-2-9(13(10)16)14-18-11-5-4-8(7-17)6-12(11)19-14/h1-6H,7,17H2,(H,18,19). The molecule has 1 heterocycles. The van der Waals surface area contributed by atoms with E-state index < -0.39 is 0 Å². The maximum atomic E-state index is 14.0. The number of nitrogens with one attached hydrogen (secondary N) is 1. The van der Waals surface area contributed by atoms with Crippen molar-refractivity contribution in [2.45, 2.75) is 6.54 Å². The first-order valence-corrected chi connectivity index (χ1v) is 6.61. The van der Waals surface area contributed by atoms with Gasteiger partial charge in [0.05, 0.1) is 21.1 Å². The van der Waals surface area contributed by atoms with E-state index in [4.69, 9.17) is 5.73 Å². The molecule has 0 fully saturated rings. The van der Waals surface area contributed by atoms with Crippen molar-refractivity contribution in [2.24, 2.45) is 5.73 Å². The van der Waals surface area contributed by atoms with Crippen LogP contribution in [0, 0.1) is 5.82 Å². The van der Waals surface area contributed by atoms with E-state index in [-0.39, 0.29) is 5.82 Å². The largest absolute Gasteiger partial charge is 0.338 e. The molecule has 0 spiro atoms. The van der Waals surface area contributed by atoms with Crippen LogP contribution in [0.25, 0.3) is 22.4 Å². The van der Waals surface area contributed by atoms with Crippen molar-refractivity contribution in [3.63, 3.8) is 0 Å². The molecule has 2 aromatic carbocycles. The second-order valence-electron chi connectivity index (χ2n) is 4.24. The maximum Gasteiger partial charge on any atom is 0.148 e. The van der Waals surface area contributed by atoms with Crippen LogP contribution in [-0.4, -0.2) is 9.97 Å². The van der Waals surface area contributed by atoms with Gasteiger partial charge in [0.1, 0.15) is 11.6 Å². The normalized spacial score (nSPS) is 11.1. The monoisotopic (exact) mass is 319 g/mol. The molecule has 0 aliphatic carbocycles. The van der Waals surface area contributed by atoms with Gasteiger partial charge in [-0.25, -0.2) is 9.37 Å². The zero-order chi connectivity index (χ0) is 13.4. The summed E-state index contributed by atoms with van der Waals surface area (Å²) in [5.41, 5.74) is 8.71. The van der Waals surface area contributed by atoms with E-state index in [2.05, 4.69) is 25.9 Å². The summed E-state index contributed by atoms with van der Waals surface area (Å²) in [6.45, 7) is 0.468. The fourth-order valence-corrected chi connectivity index (χ4v) is 2.36. The van der Waals surface area contributed by atoms with Gasteiger partial charge in [-0.15, -0.1) is 0 Å². The van der Waals surface area contributed by atoms with Crippen LogP contribution in [-0.2, 0) is 6.54 Å². The van der Waals surface area contributed by atoms with Crippen LogP contribution in [0.15, 0.2) is 40.9 Å². The van der Waals surface area contributed by atoms with Crippen LogP contribution in [0.2, 0.25) is 0 Å². The summed E-state index contributed by atoms with van der Waals surface area (Å²) in [5.74, 6) is 0.198. The Bertz CT molecular complexity index is 752. The number of nitrogens with zero attached hydrogens (tertiary/aromatic N) is 1. The molecule has 1 aromatic heterocycles. The highest BCUT2D eigenvalue weighted by molar-refractivity contribution is 9.10. The van der Waals surface area contributed by atoms with Gasteiger partial charge in [0.2, 0.25) is 0 Å². The quantitative estimate of drug-likeness (QED) is 0.758. The van der Waals surface area contributed by atoms with Gasteiger partial charge >= 0.3 is 0 Å². The minimum absolute atomic E-state index is 0.319. The summed E-state index contributed by atoms with van der Waals surface area (Å²) in [7, 11) is 0. The Morgan fingerprint density at radius 1 is 1.26 bits per heavy atom. The van der Waals surface area contributed by atoms with Gasteiger partial charge in [-0.1, -0.05) is 12.1 Å². The average Bonchev–Trinajstić information content (AvgIpc) is 2.84. The van der Waals surface area contributed by atoms with Crippen molar-refractivity contribution in [2.75, 3.05) is 0 Å². The van der Waals surface area contributed by atoms with Gasteiger partial charge in [0.15, 0.2) is 0 Å². The molecule has 0 saturated heterocycles. The first kappa shape index (κ1) is 12.3. The lowest BCUT2D eigenvalue weighted by Crippen LogP contribution is -1.95. The second kappa shape index (κ2) is 4.75. The minimum Gasteiger partial charge on any atom is -0.338 e. The van der Waals surface area contributed by atoms with Crippen molar-refractivity contribution >= 4 is 27.0 Å². The zero-order valence-corrected chi connectivity index (χ0v) is 11.5. The minimum atomic E-state index is -0.319. The van der Waals surface area contributed by atoms with E-state index in [9.17, 15) is 4.39 Å². The van der Waals surface area contributed by atoms with Crippen LogP contribution >= 0.6 is 15.9 Å². The molecular weight excluding hydrogens is 309 g/mol. The first-order valence-electron chi connectivity index (χ1n) is 5.82. The molecule has 0 aliphatic rings. The van der Waals surface area contributed by atoms with E-state index >= 15 is 0 Å². The molecule has 5 heteroatoms. The number of halogens is 2. The summed E-state index contributed by atoms with van der Waals surface area (Å²) in [6, 6.07) is 10.9. The lowest BCUT2D eigenvalue weighted by molar-refractivity contribution is 0.623. The molecule has 3 nitrogen and oxygen atoms in total. The van der Waals surface area contributed by atoms with Crippen LogP contribution in [0.3, 0.4) is 0 Å². The number of nitrogens with two attached hydrogens (primary N) is 1. The van der Waals surface area contributed by atoms with Gasteiger partial charge in [-0.05, 0) is 45.8 Å². The number of imidazole rings is 1. The lowest BCUT2D eigenvalue weighted by atomic mass is 10.2. The topological polar surface area (TPSA) is 54.7 Å². The van der Waals surface area contributed by atoms with Crippen molar-refractivity contribution in [3.05, 3.63) is 52.3 Å². The van der Waals surface area contributed by atoms with E-state index in [1.807, 2.05) is 18.2 Å². The Balaban J connectivity index is 2.18. The van der Waals surface area contributed by atoms with Crippen LogP contribution in [0.1, 0.15) is 5.56 Å². The Hall–Kier alpha value is -1.72. The van der Waals surface area contributed by atoms with Gasteiger partial charge in [0, 0.05) is 6.54 Å². The summed E-state index contributed by atoms with van der Waals surface area (Å²) >= 11 is 3.18. The number of rotatable bonds is 2. The number of aromatic amines is 1. The van der Waals surface area contributed by atoms with Crippen molar-refractivity contribution in [3.8, 4) is 11.4 Å². The molecular formula is C14H11BrFN3. The smallest absolute Gasteiger partial charge is 0.148 e. The third-order valence-electron chi connectivity index (χ3n) is 2.99. The second-order valence-corrected chi connectivity index (χ2v) is 5.10. The molecule has 3 rings (SSSR count). The van der Waals surface area contributed by atoms with Crippen molar-refractivity contribution < 1.29 is 4.39 Å². The van der Waals surface area contributed by atoms with E-state index in [1.165, 1.54) is 0 Å². The Morgan fingerprint density at radius 2 is 2.11 bits per heavy atom. The highest BCUT2D eigenvalue weighted by Crippen LogP contribution is 2.27. The SMILES string of the molecule is NCc1ccc2nc(-c3cccc(Br)c3F)[nH]c2c1. The van der Waals surface area contributed by atoms with E-state index in [0.717, 1.165) is 16.6 Å². The van der Waals surface area contributed by atoms with E-state index in [1.54, 1.807) is 18.2 Å². The number of aromatic nitrogens is 2. The summed E-state index contributed by atoms with van der Waals surface area (Å²) in [4.78, 5) is 7.53. The lowest BCUT2D eigenvalue weighted by Gasteiger charge is -2.00. The molecule has 0 saturated carbocycles. The number of H-pyrrole nitrogens is 1. The Labute approximate surface area is 117 Å². The first-order chi connectivity index (χ1) is 9.19. The predicted molar refractivity (Wildman–Crippen MR) is 77.1 cm³/mol. The highest BCUT2D eigenvalue weighted by Gasteiger charge is 2.12. The van der Waals surface area contributed by atoms with Gasteiger partial charge in [-0.3, -0.25) is 0 Å². The third kappa shape index (κ3) is 2.15. The molecule has 96 valence electrons. The number of fused-ring (bicyclic) bond motifs is 1. The molecule has 0 unspecified atom stereocenters. The third-order valence-corrected chi connectivity index (χ3v) is 3.60. The predicted octanol–water partition coefficient (Wildman–Crippen LogP) is 3.59. The number of hydrogen-bond acceptors (Lipinski definition) is 2. The molecule has 0 atom stereocenters. The molecule has 19 heavy (non-hydrogen) atoms. The highest BCUT2D eigenvalue weighted by atomic mass is 79.9. The van der Waals surface area contributed by atoms with Gasteiger partial charge < -0.3 is 10.7 Å². The molecule has 3 aromatic rings. The fourth-order valence-electron chi connectivity index (χ4n) is 2.00. The fraction of sp³-hybridized carbons (Fsp3) is 0.0714. The van der Waals surface area contributed by atoms with Gasteiger partial charge in [0.25, 0.3) is 0 Å². The Morgan fingerprint density at radius 3 is 2.89 bits per heavy atom. The molecule has 0 bridgehead atoms. The van der Waals surface area contributed by atoms with Gasteiger partial charge in [-0.2, -0.15) is 0 Å². The average molecular weight is 320 g/mol. The molecule has 0 amide bonds. The number of hydrogen-bond donors (Lipinski definition) is 2. The van der Waals surface area contributed by atoms with Crippen LogP contribution in [0.5, 0.6) is 0 Å². The Kier molecular flexibility index (Phi) is 3.08. The van der Waals surface area contributed by atoms with Crippen molar-refractivity contribution in [1.29, 1.82) is 0 Å². The summed E-state index contributed by atoms with van der Waals surface area (Å²) in [6.07, 6.45) is 0. The molecule has 0 radical (unpaired) electrons. The van der Waals surface area contributed by atoms with Crippen molar-refractivity contribution in [1.82, 2.24) is 9.97 Å². The van der Waals surface area contributed by atoms with Crippen LogP contribution in [0.4, 0.5) is 4.39 Å². The number of benzene rings is 2. The maximum absolute atomic E-state index is 14.0. The van der Waals surface area contributed by atoms with E-state index in [0.29, 0.717) is 22.4 Å².